The van der Waals surface area contributed by atoms with Gasteiger partial charge in [-0.1, -0.05) is 12.1 Å². The van der Waals surface area contributed by atoms with E-state index < -0.39 is 0 Å². The zero-order valence-corrected chi connectivity index (χ0v) is 15.9. The largest absolute Gasteiger partial charge is 0.496 e. The van der Waals surface area contributed by atoms with Gasteiger partial charge in [-0.05, 0) is 74.0 Å². The molecule has 5 nitrogen and oxygen atoms in total. The Labute approximate surface area is 160 Å². The Balaban J connectivity index is 1.52. The third kappa shape index (κ3) is 3.83. The first kappa shape index (κ1) is 18.0. The minimum absolute atomic E-state index is 0.0347. The zero-order valence-electron chi connectivity index (χ0n) is 15.9. The molecule has 1 fully saturated rings. The van der Waals surface area contributed by atoms with Gasteiger partial charge in [-0.25, -0.2) is 0 Å². The number of hydrogen-bond acceptors (Lipinski definition) is 4. The molecule has 0 spiro atoms. The Kier molecular flexibility index (Phi) is 5.39. The number of pyridine rings is 1. The first-order chi connectivity index (χ1) is 13.3. The molecule has 1 aliphatic carbocycles. The number of rotatable bonds is 6. The van der Waals surface area contributed by atoms with Crippen LogP contribution in [0.15, 0.2) is 36.7 Å². The van der Waals surface area contributed by atoms with Crippen LogP contribution in [0.1, 0.15) is 47.6 Å². The predicted molar refractivity (Wildman–Crippen MR) is 105 cm³/mol. The van der Waals surface area contributed by atoms with E-state index in [9.17, 15) is 4.79 Å². The Morgan fingerprint density at radius 2 is 2.00 bits per heavy atom. The highest BCUT2D eigenvalue weighted by Crippen LogP contribution is 2.30. The van der Waals surface area contributed by atoms with Crippen LogP contribution in [0.3, 0.4) is 0 Å². The summed E-state index contributed by atoms with van der Waals surface area (Å²) in [6.45, 7) is 2.39. The summed E-state index contributed by atoms with van der Waals surface area (Å²) in [6, 6.07) is 7.96. The molecular formula is C22H27N3O2. The molecule has 5 heteroatoms. The van der Waals surface area contributed by atoms with Crippen LogP contribution in [0, 0.1) is 0 Å². The molecular weight excluding hydrogens is 338 g/mol. The molecule has 2 heterocycles. The van der Waals surface area contributed by atoms with Crippen molar-refractivity contribution in [3.05, 3.63) is 58.9 Å². The van der Waals surface area contributed by atoms with Crippen molar-refractivity contribution in [3.8, 4) is 5.75 Å². The number of nitrogens with one attached hydrogen (secondary N) is 1. The third-order valence-electron chi connectivity index (χ3n) is 5.70. The minimum atomic E-state index is -0.276. The molecule has 0 saturated carbocycles. The number of carbonyl (C=O) groups is 1. The van der Waals surface area contributed by atoms with Crippen molar-refractivity contribution < 1.29 is 9.53 Å². The highest BCUT2D eigenvalue weighted by atomic mass is 16.5. The number of benzene rings is 1. The zero-order chi connectivity index (χ0) is 18.6. The van der Waals surface area contributed by atoms with Crippen LogP contribution in [0.25, 0.3) is 0 Å². The summed E-state index contributed by atoms with van der Waals surface area (Å²) < 4.78 is 5.58. The summed E-state index contributed by atoms with van der Waals surface area (Å²) in [4.78, 5) is 19.6. The molecule has 27 heavy (non-hydrogen) atoms. The van der Waals surface area contributed by atoms with Gasteiger partial charge in [0.25, 0.3) is 0 Å². The number of likely N-dealkylation sites (tertiary alicyclic amines) is 1. The first-order valence-electron chi connectivity index (χ1n) is 9.86. The lowest BCUT2D eigenvalue weighted by Crippen LogP contribution is -2.39. The Morgan fingerprint density at radius 1 is 1.22 bits per heavy atom. The quantitative estimate of drug-likeness (QED) is 0.855. The lowest BCUT2D eigenvalue weighted by Gasteiger charge is -2.26. The number of carbonyl (C=O) groups excluding carboxylic acids is 1. The van der Waals surface area contributed by atoms with Crippen LogP contribution >= 0.6 is 0 Å². The number of ether oxygens (including phenoxy) is 1. The SMILES string of the molecule is COc1cc2c(cc1CNC(=O)C(c1cccnc1)N1CCCC1)CCC2. The van der Waals surface area contributed by atoms with Crippen LogP contribution in [0.2, 0.25) is 0 Å². The lowest BCUT2D eigenvalue weighted by molar-refractivity contribution is -0.126. The minimum Gasteiger partial charge on any atom is -0.496 e. The van der Waals surface area contributed by atoms with Gasteiger partial charge in [-0.3, -0.25) is 14.7 Å². The van der Waals surface area contributed by atoms with Crippen LogP contribution < -0.4 is 10.1 Å². The molecule has 1 amide bonds. The molecule has 0 radical (unpaired) electrons. The highest BCUT2D eigenvalue weighted by molar-refractivity contribution is 5.83. The molecule has 142 valence electrons. The maximum Gasteiger partial charge on any atom is 0.242 e. The van der Waals surface area contributed by atoms with E-state index in [1.165, 1.54) is 17.5 Å². The van der Waals surface area contributed by atoms with E-state index in [2.05, 4.69) is 27.3 Å². The fraction of sp³-hybridized carbons (Fsp3) is 0.455. The number of methoxy groups -OCH3 is 1. The van der Waals surface area contributed by atoms with Crippen molar-refractivity contribution in [2.75, 3.05) is 20.2 Å². The summed E-state index contributed by atoms with van der Waals surface area (Å²) in [5, 5.41) is 3.15. The van der Waals surface area contributed by atoms with Gasteiger partial charge in [0.1, 0.15) is 11.8 Å². The average Bonchev–Trinajstić information content (AvgIpc) is 3.38. The number of hydrogen-bond donors (Lipinski definition) is 1. The van der Waals surface area contributed by atoms with Gasteiger partial charge in [-0.15, -0.1) is 0 Å². The van der Waals surface area contributed by atoms with Gasteiger partial charge in [0.05, 0.1) is 7.11 Å². The van der Waals surface area contributed by atoms with Crippen molar-refractivity contribution in [1.29, 1.82) is 0 Å². The van der Waals surface area contributed by atoms with E-state index in [-0.39, 0.29) is 11.9 Å². The van der Waals surface area contributed by atoms with Crippen LogP contribution in [-0.2, 0) is 24.2 Å². The van der Waals surface area contributed by atoms with Gasteiger partial charge in [0, 0.05) is 24.5 Å². The first-order valence-corrected chi connectivity index (χ1v) is 9.86. The second-order valence-electron chi connectivity index (χ2n) is 7.44. The van der Waals surface area contributed by atoms with Crippen molar-refractivity contribution in [1.82, 2.24) is 15.2 Å². The van der Waals surface area contributed by atoms with Crippen LogP contribution in [0.5, 0.6) is 5.75 Å². The number of fused-ring (bicyclic) bond motifs is 1. The fourth-order valence-electron chi connectivity index (χ4n) is 4.33. The van der Waals surface area contributed by atoms with E-state index in [1.54, 1.807) is 19.5 Å². The molecule has 2 aromatic rings. The number of aryl methyl sites for hydroxylation is 2. The van der Waals surface area contributed by atoms with Crippen molar-refractivity contribution in [3.63, 3.8) is 0 Å². The summed E-state index contributed by atoms with van der Waals surface area (Å²) in [5.74, 6) is 0.905. The van der Waals surface area contributed by atoms with E-state index in [1.807, 2.05) is 12.1 Å². The van der Waals surface area contributed by atoms with Gasteiger partial charge < -0.3 is 10.1 Å². The topological polar surface area (TPSA) is 54.5 Å². The van der Waals surface area contributed by atoms with Crippen molar-refractivity contribution in [2.24, 2.45) is 0 Å². The molecule has 1 N–H and O–H groups in total. The molecule has 1 saturated heterocycles. The van der Waals surface area contributed by atoms with E-state index in [0.717, 1.165) is 55.6 Å². The van der Waals surface area contributed by atoms with Crippen molar-refractivity contribution >= 4 is 5.91 Å². The Morgan fingerprint density at radius 3 is 2.70 bits per heavy atom. The second-order valence-corrected chi connectivity index (χ2v) is 7.44. The normalized spacial score (nSPS) is 17.5. The molecule has 1 unspecified atom stereocenters. The van der Waals surface area contributed by atoms with Crippen LogP contribution in [0.4, 0.5) is 0 Å². The molecule has 1 aliphatic heterocycles. The van der Waals surface area contributed by atoms with E-state index >= 15 is 0 Å². The van der Waals surface area contributed by atoms with E-state index in [4.69, 9.17) is 4.74 Å². The Bertz CT molecular complexity index is 801. The maximum atomic E-state index is 13.1. The van der Waals surface area contributed by atoms with Crippen LogP contribution in [-0.4, -0.2) is 36.0 Å². The summed E-state index contributed by atoms with van der Waals surface area (Å²) >= 11 is 0. The molecule has 1 aromatic carbocycles. The standard InChI is InChI=1S/C22H27N3O2/c1-27-20-13-17-7-4-6-16(17)12-19(20)15-24-22(26)21(25-10-2-3-11-25)18-8-5-9-23-14-18/h5,8-9,12-14,21H,2-4,6-7,10-11,15H2,1H3,(H,24,26). The lowest BCUT2D eigenvalue weighted by atomic mass is 10.0. The highest BCUT2D eigenvalue weighted by Gasteiger charge is 2.30. The predicted octanol–water partition coefficient (Wildman–Crippen LogP) is 3.03. The molecule has 1 aromatic heterocycles. The smallest absolute Gasteiger partial charge is 0.242 e. The van der Waals surface area contributed by atoms with Gasteiger partial charge in [0.15, 0.2) is 0 Å². The maximum absolute atomic E-state index is 13.1. The summed E-state index contributed by atoms with van der Waals surface area (Å²) in [6.07, 6.45) is 9.27. The Hall–Kier alpha value is -2.40. The third-order valence-corrected chi connectivity index (χ3v) is 5.70. The summed E-state index contributed by atoms with van der Waals surface area (Å²) in [7, 11) is 1.70. The van der Waals surface area contributed by atoms with Crippen molar-refractivity contribution in [2.45, 2.75) is 44.7 Å². The molecule has 2 aliphatic rings. The molecule has 1 atom stereocenters. The number of aromatic nitrogens is 1. The average molecular weight is 365 g/mol. The molecule has 4 rings (SSSR count). The van der Waals surface area contributed by atoms with Gasteiger partial charge in [-0.2, -0.15) is 0 Å². The van der Waals surface area contributed by atoms with Gasteiger partial charge in [0.2, 0.25) is 5.91 Å². The fourth-order valence-corrected chi connectivity index (χ4v) is 4.33. The van der Waals surface area contributed by atoms with Gasteiger partial charge >= 0.3 is 0 Å². The number of nitrogens with zero attached hydrogens (tertiary/aromatic N) is 2. The van der Waals surface area contributed by atoms with E-state index in [0.29, 0.717) is 6.54 Å². The number of amides is 1. The molecule has 0 bridgehead atoms. The summed E-state index contributed by atoms with van der Waals surface area (Å²) in [5.41, 5.74) is 4.78. The monoisotopic (exact) mass is 365 g/mol. The second kappa shape index (κ2) is 8.09.